The molecular weight excluding hydrogens is 565 g/mol. The van der Waals surface area contributed by atoms with E-state index in [4.69, 9.17) is 0 Å². The second-order valence-electron chi connectivity index (χ2n) is 13.0. The number of piperazine rings is 1. The van der Waals surface area contributed by atoms with Gasteiger partial charge in [-0.25, -0.2) is 4.39 Å². The van der Waals surface area contributed by atoms with Crippen molar-refractivity contribution < 1.29 is 9.18 Å². The number of aromatic nitrogens is 1. The SMILES string of the molecule is CN1CCC(N2CCN(Cc3c(C(=O)NC(c4cccc(F)c4)C4CC4)c4ccccc4c(=O)n3-c3ccccc3)CC2)CC1. The standard InChI is InChI=1S/C37H42FN5O2/c1-40-18-16-29(17-19-40)42-22-20-41(21-23-42)25-33-34(36(44)39-35(26-14-15-26)27-8-7-9-28(38)24-27)31-12-5-6-13-32(31)37(45)43(33)30-10-3-2-4-11-30/h2-13,24,26,29,35H,14-23,25H2,1H3,(H,39,44). The lowest BCUT2D eigenvalue weighted by atomic mass is 9.98. The van der Waals surface area contributed by atoms with Crippen LogP contribution < -0.4 is 10.9 Å². The quantitative estimate of drug-likeness (QED) is 0.298. The van der Waals surface area contributed by atoms with E-state index in [9.17, 15) is 14.0 Å². The maximum Gasteiger partial charge on any atom is 0.263 e. The third-order valence-corrected chi connectivity index (χ3v) is 10.0. The summed E-state index contributed by atoms with van der Waals surface area (Å²) in [6.07, 6.45) is 4.37. The highest BCUT2D eigenvalue weighted by Crippen LogP contribution is 2.41. The minimum atomic E-state index is -0.310. The van der Waals surface area contributed by atoms with Crippen molar-refractivity contribution >= 4 is 16.7 Å². The zero-order valence-electron chi connectivity index (χ0n) is 26.0. The zero-order valence-corrected chi connectivity index (χ0v) is 26.0. The van der Waals surface area contributed by atoms with Crippen molar-refractivity contribution in [1.82, 2.24) is 24.6 Å². The first-order valence-electron chi connectivity index (χ1n) is 16.4. The lowest BCUT2D eigenvalue weighted by Gasteiger charge is -2.42. The molecule has 1 unspecified atom stereocenters. The van der Waals surface area contributed by atoms with E-state index in [0.717, 1.165) is 63.4 Å². The van der Waals surface area contributed by atoms with E-state index in [1.165, 1.54) is 25.0 Å². The number of benzene rings is 3. The average Bonchev–Trinajstić information content (AvgIpc) is 3.91. The smallest absolute Gasteiger partial charge is 0.263 e. The molecule has 0 spiro atoms. The largest absolute Gasteiger partial charge is 0.345 e. The summed E-state index contributed by atoms with van der Waals surface area (Å²) in [7, 11) is 2.20. The van der Waals surface area contributed by atoms with Crippen LogP contribution in [0.15, 0.2) is 83.7 Å². The number of para-hydroxylation sites is 1. The molecule has 1 atom stereocenters. The predicted molar refractivity (Wildman–Crippen MR) is 176 cm³/mol. The minimum Gasteiger partial charge on any atom is -0.345 e. The van der Waals surface area contributed by atoms with Gasteiger partial charge >= 0.3 is 0 Å². The molecule has 1 amide bonds. The molecule has 4 aromatic rings. The fourth-order valence-corrected chi connectivity index (χ4v) is 7.33. The summed E-state index contributed by atoms with van der Waals surface area (Å²) in [5.74, 6) is -0.272. The van der Waals surface area contributed by atoms with Crippen LogP contribution in [0.5, 0.6) is 0 Å². The third kappa shape index (κ3) is 6.32. The highest BCUT2D eigenvalue weighted by molar-refractivity contribution is 6.08. The Morgan fingerprint density at radius 2 is 1.53 bits per heavy atom. The van der Waals surface area contributed by atoms with Gasteiger partial charge in [0.25, 0.3) is 11.5 Å². The zero-order chi connectivity index (χ0) is 30.9. The van der Waals surface area contributed by atoms with Crippen molar-refractivity contribution in [3.63, 3.8) is 0 Å². The second kappa shape index (κ2) is 12.9. The number of pyridine rings is 1. The van der Waals surface area contributed by atoms with Crippen LogP contribution >= 0.6 is 0 Å². The molecule has 0 bridgehead atoms. The van der Waals surface area contributed by atoms with Crippen molar-refractivity contribution in [3.05, 3.63) is 112 Å². The van der Waals surface area contributed by atoms with Crippen LogP contribution in [0, 0.1) is 11.7 Å². The molecule has 1 aromatic heterocycles. The number of likely N-dealkylation sites (tertiary alicyclic amines) is 1. The third-order valence-electron chi connectivity index (χ3n) is 10.0. The van der Waals surface area contributed by atoms with Crippen molar-refractivity contribution in [2.75, 3.05) is 46.3 Å². The first kappa shape index (κ1) is 29.8. The summed E-state index contributed by atoms with van der Waals surface area (Å²) in [6.45, 7) is 6.45. The van der Waals surface area contributed by atoms with Gasteiger partial charge in [0.05, 0.1) is 17.3 Å². The Kier molecular flexibility index (Phi) is 8.53. The van der Waals surface area contributed by atoms with E-state index in [-0.39, 0.29) is 29.2 Å². The van der Waals surface area contributed by atoms with Gasteiger partial charge in [-0.05, 0) is 87.6 Å². The van der Waals surface area contributed by atoms with Crippen LogP contribution in [0.25, 0.3) is 16.5 Å². The summed E-state index contributed by atoms with van der Waals surface area (Å²) >= 11 is 0. The first-order valence-corrected chi connectivity index (χ1v) is 16.4. The van der Waals surface area contributed by atoms with Crippen LogP contribution in [0.3, 0.4) is 0 Å². The molecule has 7 nitrogen and oxygen atoms in total. The molecule has 45 heavy (non-hydrogen) atoms. The normalized spacial score (nSPS) is 19.5. The molecular formula is C37H42FN5O2. The monoisotopic (exact) mass is 607 g/mol. The van der Waals surface area contributed by atoms with Gasteiger partial charge in [0.15, 0.2) is 0 Å². The lowest BCUT2D eigenvalue weighted by molar-refractivity contribution is 0.0609. The topological polar surface area (TPSA) is 60.8 Å². The van der Waals surface area contributed by atoms with Crippen molar-refractivity contribution in [3.8, 4) is 5.69 Å². The predicted octanol–water partition coefficient (Wildman–Crippen LogP) is 5.22. The molecule has 0 radical (unpaired) electrons. The van der Waals surface area contributed by atoms with Crippen LogP contribution in [-0.4, -0.2) is 77.5 Å². The highest BCUT2D eigenvalue weighted by Gasteiger charge is 2.35. The maximum atomic E-state index is 14.6. The number of hydrogen-bond donors (Lipinski definition) is 1. The van der Waals surface area contributed by atoms with Crippen LogP contribution in [0.4, 0.5) is 4.39 Å². The Balaban J connectivity index is 1.27. The molecule has 7 rings (SSSR count). The maximum absolute atomic E-state index is 14.6. The van der Waals surface area contributed by atoms with Crippen molar-refractivity contribution in [2.24, 2.45) is 5.92 Å². The van der Waals surface area contributed by atoms with Crippen molar-refractivity contribution in [1.29, 1.82) is 0 Å². The summed E-state index contributed by atoms with van der Waals surface area (Å²) < 4.78 is 16.0. The summed E-state index contributed by atoms with van der Waals surface area (Å²) in [5.41, 5.74) is 2.61. The molecule has 3 aliphatic rings. The van der Waals surface area contributed by atoms with E-state index in [1.54, 1.807) is 10.6 Å². The van der Waals surface area contributed by atoms with Gasteiger partial charge in [0.2, 0.25) is 0 Å². The number of amides is 1. The Hall–Kier alpha value is -3.85. The van der Waals surface area contributed by atoms with Gasteiger partial charge in [-0.3, -0.25) is 24.0 Å². The molecule has 3 fully saturated rings. The van der Waals surface area contributed by atoms with E-state index in [1.807, 2.05) is 60.7 Å². The Bertz CT molecular complexity index is 1720. The Morgan fingerprint density at radius 3 is 2.22 bits per heavy atom. The van der Waals surface area contributed by atoms with E-state index in [2.05, 4.69) is 27.1 Å². The number of nitrogens with zero attached hydrogens (tertiary/aromatic N) is 4. The number of rotatable bonds is 8. The number of carbonyl (C=O) groups is 1. The summed E-state index contributed by atoms with van der Waals surface area (Å²) in [5, 5.41) is 4.47. The van der Waals surface area contributed by atoms with E-state index >= 15 is 0 Å². The highest BCUT2D eigenvalue weighted by atomic mass is 19.1. The number of halogens is 1. The lowest BCUT2D eigenvalue weighted by Crippen LogP contribution is -2.52. The minimum absolute atomic E-state index is 0.128. The fourth-order valence-electron chi connectivity index (χ4n) is 7.33. The second-order valence-corrected chi connectivity index (χ2v) is 13.0. The molecule has 1 aliphatic carbocycles. The number of piperidine rings is 1. The number of carbonyl (C=O) groups excluding carboxylic acids is 1. The van der Waals surface area contributed by atoms with Crippen molar-refractivity contribution in [2.45, 2.75) is 44.3 Å². The molecule has 3 aromatic carbocycles. The summed E-state index contributed by atoms with van der Waals surface area (Å²) in [6, 6.07) is 24.0. The molecule has 1 N–H and O–H groups in total. The number of fused-ring (bicyclic) bond motifs is 1. The Morgan fingerprint density at radius 1 is 0.844 bits per heavy atom. The number of hydrogen-bond acceptors (Lipinski definition) is 5. The van der Waals surface area contributed by atoms with Crippen LogP contribution in [0.2, 0.25) is 0 Å². The first-order chi connectivity index (χ1) is 22.0. The molecule has 3 heterocycles. The van der Waals surface area contributed by atoms with Gasteiger partial charge in [-0.2, -0.15) is 0 Å². The molecule has 8 heteroatoms. The van der Waals surface area contributed by atoms with Gasteiger partial charge < -0.3 is 10.2 Å². The molecule has 234 valence electrons. The molecule has 1 saturated carbocycles. The van der Waals surface area contributed by atoms with Gasteiger partial charge in [0.1, 0.15) is 5.82 Å². The summed E-state index contributed by atoms with van der Waals surface area (Å²) in [4.78, 5) is 36.2. The molecule has 2 aliphatic heterocycles. The van der Waals surface area contributed by atoms with Crippen LogP contribution in [-0.2, 0) is 6.54 Å². The van der Waals surface area contributed by atoms with Gasteiger partial charge in [0, 0.05) is 55.2 Å². The molecule has 2 saturated heterocycles. The fraction of sp³-hybridized carbons (Fsp3) is 0.405. The van der Waals surface area contributed by atoms with Crippen LogP contribution in [0.1, 0.15) is 53.3 Å². The van der Waals surface area contributed by atoms with E-state index in [0.29, 0.717) is 34.6 Å². The van der Waals surface area contributed by atoms with Gasteiger partial charge in [-0.15, -0.1) is 0 Å². The Labute approximate surface area is 264 Å². The van der Waals surface area contributed by atoms with Gasteiger partial charge in [-0.1, -0.05) is 48.5 Å². The van der Waals surface area contributed by atoms with E-state index < -0.39 is 0 Å². The number of nitrogens with one attached hydrogen (secondary N) is 1. The average molecular weight is 608 g/mol.